The molecule has 2 aliphatic rings. The number of fused-ring (bicyclic) bond motifs is 2. The Balaban J connectivity index is 2.12. The lowest BCUT2D eigenvalue weighted by Crippen LogP contribution is -2.31. The Hall–Kier alpha value is -2.98. The fourth-order valence-electron chi connectivity index (χ4n) is 2.25. The first-order valence-electron chi connectivity index (χ1n) is 6.15. The van der Waals surface area contributed by atoms with Gasteiger partial charge < -0.3 is 14.9 Å². The number of aromatic nitrogens is 4. The van der Waals surface area contributed by atoms with E-state index in [1.54, 1.807) is 0 Å². The normalized spacial score (nSPS) is 20.2. The van der Waals surface area contributed by atoms with Gasteiger partial charge in [-0.2, -0.15) is 13.2 Å². The minimum absolute atomic E-state index is 0.0488. The van der Waals surface area contributed by atoms with Gasteiger partial charge in [-0.3, -0.25) is 0 Å². The summed E-state index contributed by atoms with van der Waals surface area (Å²) in [7, 11) is 0. The van der Waals surface area contributed by atoms with Crippen molar-refractivity contribution in [3.8, 4) is 0 Å². The number of allylic oxidation sites excluding steroid dienone is 3. The Kier molecular flexibility index (Phi) is 3.27. The molecule has 1 unspecified atom stereocenters. The summed E-state index contributed by atoms with van der Waals surface area (Å²) < 4.78 is 41.9. The van der Waals surface area contributed by atoms with Crippen LogP contribution in [0.3, 0.4) is 0 Å². The van der Waals surface area contributed by atoms with Crippen LogP contribution in [0.4, 0.5) is 13.2 Å². The number of hydrogen-bond acceptors (Lipinski definition) is 8. The van der Waals surface area contributed by atoms with Crippen LogP contribution in [0.25, 0.3) is 5.76 Å². The van der Waals surface area contributed by atoms with Crippen molar-refractivity contribution in [3.63, 3.8) is 0 Å². The van der Waals surface area contributed by atoms with Gasteiger partial charge in [-0.1, -0.05) is 6.08 Å². The van der Waals surface area contributed by atoms with Crippen LogP contribution in [0, 0.1) is 0 Å². The standard InChI is InChI=1S/C12H7F3N4O4/c13-12(14,15)11(22)23-10-5-2-1-4(20)3-6(5)9(21)7-8(10)17-19-18-16-7/h1-2,10,20-21H,3H2. The molecule has 23 heavy (non-hydrogen) atoms. The van der Waals surface area contributed by atoms with Crippen LogP contribution in [0.2, 0.25) is 0 Å². The number of nitrogens with zero attached hydrogens (tertiary/aromatic N) is 4. The molecule has 0 bridgehead atoms. The molecular formula is C12H7F3N4O4. The van der Waals surface area contributed by atoms with Gasteiger partial charge in [-0.05, 0) is 16.5 Å². The highest BCUT2D eigenvalue weighted by Crippen LogP contribution is 2.44. The van der Waals surface area contributed by atoms with Crippen molar-refractivity contribution in [1.82, 2.24) is 20.6 Å². The molecule has 1 heterocycles. The van der Waals surface area contributed by atoms with E-state index in [-0.39, 0.29) is 34.7 Å². The van der Waals surface area contributed by atoms with Gasteiger partial charge >= 0.3 is 12.1 Å². The van der Waals surface area contributed by atoms with Crippen LogP contribution in [0.15, 0.2) is 29.1 Å². The molecule has 0 spiro atoms. The van der Waals surface area contributed by atoms with Gasteiger partial charge in [-0.15, -0.1) is 10.2 Å². The van der Waals surface area contributed by atoms with Crippen molar-refractivity contribution < 1.29 is 32.9 Å². The van der Waals surface area contributed by atoms with Crippen molar-refractivity contribution in [2.75, 3.05) is 0 Å². The number of aliphatic hydroxyl groups is 2. The predicted octanol–water partition coefficient (Wildman–Crippen LogP) is 1.47. The van der Waals surface area contributed by atoms with Crippen molar-refractivity contribution in [2.45, 2.75) is 18.7 Å². The van der Waals surface area contributed by atoms with Crippen molar-refractivity contribution >= 4 is 11.7 Å². The Labute approximate surface area is 125 Å². The van der Waals surface area contributed by atoms with E-state index in [1.165, 1.54) is 12.2 Å². The zero-order valence-electron chi connectivity index (χ0n) is 11.1. The molecule has 0 radical (unpaired) electrons. The molecule has 0 saturated carbocycles. The van der Waals surface area contributed by atoms with Crippen LogP contribution in [0.5, 0.6) is 0 Å². The Morgan fingerprint density at radius 1 is 1.22 bits per heavy atom. The first-order chi connectivity index (χ1) is 10.8. The molecule has 2 aliphatic carbocycles. The molecule has 2 N–H and O–H groups in total. The van der Waals surface area contributed by atoms with E-state index in [0.717, 1.165) is 0 Å². The molecule has 0 fully saturated rings. The third-order valence-corrected chi connectivity index (χ3v) is 3.24. The lowest BCUT2D eigenvalue weighted by atomic mass is 9.84. The number of ether oxygens (including phenoxy) is 1. The second-order valence-electron chi connectivity index (χ2n) is 4.68. The third kappa shape index (κ3) is 2.49. The van der Waals surface area contributed by atoms with E-state index in [0.29, 0.717) is 0 Å². The van der Waals surface area contributed by atoms with Crippen molar-refractivity contribution in [2.24, 2.45) is 0 Å². The Bertz CT molecular complexity index is 785. The van der Waals surface area contributed by atoms with Gasteiger partial charge in [0.05, 0.1) is 5.76 Å². The largest absolute Gasteiger partial charge is 0.512 e. The molecule has 11 heteroatoms. The summed E-state index contributed by atoms with van der Waals surface area (Å²) in [5.41, 5.74) is -0.422. The maximum Gasteiger partial charge on any atom is 0.490 e. The zero-order chi connectivity index (χ0) is 16.8. The summed E-state index contributed by atoms with van der Waals surface area (Å²) in [6, 6.07) is 0. The number of hydrogen-bond donors (Lipinski definition) is 2. The molecular weight excluding hydrogens is 321 g/mol. The van der Waals surface area contributed by atoms with E-state index in [1.807, 2.05) is 0 Å². The van der Waals surface area contributed by atoms with Crippen LogP contribution in [-0.2, 0) is 9.53 Å². The second-order valence-corrected chi connectivity index (χ2v) is 4.68. The fourth-order valence-corrected chi connectivity index (χ4v) is 2.25. The van der Waals surface area contributed by atoms with Gasteiger partial charge in [0.2, 0.25) is 0 Å². The SMILES string of the molecule is O=C(OC1C2=CC=C(O)CC2=C(O)c2nnnnc21)C(F)(F)F. The summed E-state index contributed by atoms with van der Waals surface area (Å²) in [4.78, 5) is 11.2. The summed E-state index contributed by atoms with van der Waals surface area (Å²) in [5, 5.41) is 33.1. The quantitative estimate of drug-likeness (QED) is 0.744. The lowest BCUT2D eigenvalue weighted by molar-refractivity contribution is -0.203. The first kappa shape index (κ1) is 14.9. The highest BCUT2D eigenvalue weighted by Gasteiger charge is 2.46. The predicted molar refractivity (Wildman–Crippen MR) is 65.5 cm³/mol. The maximum absolute atomic E-state index is 12.5. The minimum atomic E-state index is -5.20. The summed E-state index contributed by atoms with van der Waals surface area (Å²) in [6.07, 6.45) is -4.50. The number of rotatable bonds is 1. The number of alkyl halides is 3. The van der Waals surface area contributed by atoms with Crippen LogP contribution in [-0.4, -0.2) is 43.0 Å². The second kappa shape index (κ2) is 5.04. The monoisotopic (exact) mass is 328 g/mol. The van der Waals surface area contributed by atoms with Crippen LogP contribution < -0.4 is 0 Å². The highest BCUT2D eigenvalue weighted by molar-refractivity contribution is 5.78. The molecule has 0 amide bonds. The number of halogens is 3. The Morgan fingerprint density at radius 3 is 2.61 bits per heavy atom. The first-order valence-corrected chi connectivity index (χ1v) is 6.15. The smallest absolute Gasteiger partial charge is 0.490 e. The molecule has 8 nitrogen and oxygen atoms in total. The van der Waals surface area contributed by atoms with Crippen molar-refractivity contribution in [1.29, 1.82) is 0 Å². The fraction of sp³-hybridized carbons (Fsp3) is 0.250. The van der Waals surface area contributed by atoms with E-state index < -0.39 is 24.0 Å². The number of carbonyl (C=O) groups is 1. The molecule has 3 rings (SSSR count). The minimum Gasteiger partial charge on any atom is -0.512 e. The summed E-state index contributed by atoms with van der Waals surface area (Å²) in [5.74, 6) is -2.98. The van der Waals surface area contributed by atoms with E-state index in [4.69, 9.17) is 0 Å². The van der Waals surface area contributed by atoms with Gasteiger partial charge in [-0.25, -0.2) is 4.79 Å². The number of carbonyl (C=O) groups excluding carboxylic acids is 1. The van der Waals surface area contributed by atoms with Crippen molar-refractivity contribution in [3.05, 3.63) is 40.4 Å². The Morgan fingerprint density at radius 2 is 1.91 bits per heavy atom. The summed E-state index contributed by atoms with van der Waals surface area (Å²) in [6.45, 7) is 0. The molecule has 0 saturated heterocycles. The molecule has 120 valence electrons. The van der Waals surface area contributed by atoms with E-state index in [2.05, 4.69) is 25.4 Å². The molecule has 1 aromatic heterocycles. The van der Waals surface area contributed by atoms with Crippen LogP contribution in [0.1, 0.15) is 23.9 Å². The molecule has 1 aromatic rings. The number of esters is 1. The van der Waals surface area contributed by atoms with Gasteiger partial charge in [0.1, 0.15) is 11.5 Å². The third-order valence-electron chi connectivity index (χ3n) is 3.24. The van der Waals surface area contributed by atoms with E-state index >= 15 is 0 Å². The summed E-state index contributed by atoms with van der Waals surface area (Å²) >= 11 is 0. The highest BCUT2D eigenvalue weighted by atomic mass is 19.4. The lowest BCUT2D eigenvalue weighted by Gasteiger charge is -2.29. The zero-order valence-corrected chi connectivity index (χ0v) is 11.1. The average molecular weight is 328 g/mol. The van der Waals surface area contributed by atoms with Gasteiger partial charge in [0.15, 0.2) is 11.8 Å². The number of aliphatic hydroxyl groups excluding tert-OH is 2. The van der Waals surface area contributed by atoms with Gasteiger partial charge in [0.25, 0.3) is 0 Å². The van der Waals surface area contributed by atoms with Gasteiger partial charge in [0, 0.05) is 17.6 Å². The topological polar surface area (TPSA) is 118 Å². The molecule has 0 aliphatic heterocycles. The van der Waals surface area contributed by atoms with E-state index in [9.17, 15) is 28.2 Å². The molecule has 1 atom stereocenters. The average Bonchev–Trinajstić information content (AvgIpc) is 2.50. The van der Waals surface area contributed by atoms with Crippen LogP contribution >= 0.6 is 0 Å². The molecule has 0 aromatic carbocycles. The maximum atomic E-state index is 12.5.